The molecule has 0 N–H and O–H groups in total. The second kappa shape index (κ2) is 6.56. The summed E-state index contributed by atoms with van der Waals surface area (Å²) in [5.74, 6) is -1.19. The zero-order valence-corrected chi connectivity index (χ0v) is 14.1. The summed E-state index contributed by atoms with van der Waals surface area (Å²) in [5.41, 5.74) is 4.30. The van der Waals surface area contributed by atoms with Crippen LogP contribution in [0.3, 0.4) is 0 Å². The number of nitrogens with zero attached hydrogens (tertiary/aromatic N) is 2. The van der Waals surface area contributed by atoms with Gasteiger partial charge in [-0.05, 0) is 48.6 Å². The van der Waals surface area contributed by atoms with Crippen LogP contribution in [0.1, 0.15) is 29.7 Å². The molecule has 3 rings (SSSR count). The fraction of sp³-hybridized carbons (Fsp3) is 0.250. The molecule has 124 valence electrons. The van der Waals surface area contributed by atoms with E-state index in [0.29, 0.717) is 6.42 Å². The van der Waals surface area contributed by atoms with Gasteiger partial charge in [-0.1, -0.05) is 37.3 Å². The average Bonchev–Trinajstić information content (AvgIpc) is 2.86. The van der Waals surface area contributed by atoms with Crippen LogP contribution in [0, 0.1) is 18.6 Å². The lowest BCUT2D eigenvalue weighted by molar-refractivity contribution is 0.531. The van der Waals surface area contributed by atoms with Gasteiger partial charge >= 0.3 is 0 Å². The molecule has 24 heavy (non-hydrogen) atoms. The van der Waals surface area contributed by atoms with E-state index >= 15 is 0 Å². The number of hydrogen-bond donors (Lipinski definition) is 0. The molecule has 0 saturated carbocycles. The molecule has 0 aliphatic carbocycles. The van der Waals surface area contributed by atoms with Crippen molar-refractivity contribution < 1.29 is 8.78 Å². The van der Waals surface area contributed by atoms with Gasteiger partial charge in [0.1, 0.15) is 11.6 Å². The quantitative estimate of drug-likeness (QED) is 0.658. The highest BCUT2D eigenvalue weighted by Gasteiger charge is 2.16. The molecule has 1 unspecified atom stereocenters. The van der Waals surface area contributed by atoms with E-state index in [1.54, 1.807) is 0 Å². The van der Waals surface area contributed by atoms with E-state index in [0.717, 1.165) is 22.5 Å². The second-order valence-electron chi connectivity index (χ2n) is 6.23. The Labute approximate surface area is 140 Å². The summed E-state index contributed by atoms with van der Waals surface area (Å²) >= 11 is 0. The fourth-order valence-electron chi connectivity index (χ4n) is 3.13. The lowest BCUT2D eigenvalue weighted by atomic mass is 9.92. The van der Waals surface area contributed by atoms with E-state index in [4.69, 9.17) is 0 Å². The highest BCUT2D eigenvalue weighted by molar-refractivity contribution is 5.60. The average molecular weight is 326 g/mol. The monoisotopic (exact) mass is 326 g/mol. The maximum atomic E-state index is 13.9. The lowest BCUT2D eigenvalue weighted by Crippen LogP contribution is -2.04. The Kier molecular flexibility index (Phi) is 4.47. The summed E-state index contributed by atoms with van der Waals surface area (Å²) in [4.78, 5) is 0. The Morgan fingerprint density at radius 2 is 1.67 bits per heavy atom. The molecule has 2 nitrogen and oxygen atoms in total. The Hall–Kier alpha value is -2.49. The molecule has 1 heterocycles. The van der Waals surface area contributed by atoms with Gasteiger partial charge in [-0.25, -0.2) is 8.78 Å². The van der Waals surface area contributed by atoms with Crippen molar-refractivity contribution in [3.8, 4) is 11.3 Å². The van der Waals surface area contributed by atoms with Crippen molar-refractivity contribution in [2.24, 2.45) is 7.05 Å². The highest BCUT2D eigenvalue weighted by atomic mass is 19.1. The number of aryl methyl sites for hydroxylation is 2. The van der Waals surface area contributed by atoms with Crippen LogP contribution in [0.4, 0.5) is 8.78 Å². The molecule has 3 aromatic rings. The van der Waals surface area contributed by atoms with Crippen molar-refractivity contribution in [3.05, 3.63) is 77.0 Å². The molecule has 0 aliphatic rings. The van der Waals surface area contributed by atoms with Crippen molar-refractivity contribution in [2.45, 2.75) is 26.2 Å². The minimum Gasteiger partial charge on any atom is -0.268 e. The Balaban J connectivity index is 1.80. The summed E-state index contributed by atoms with van der Waals surface area (Å²) in [5, 5.41) is 4.35. The van der Waals surface area contributed by atoms with Crippen molar-refractivity contribution >= 4 is 0 Å². The molecule has 0 amide bonds. The Morgan fingerprint density at radius 3 is 2.21 bits per heavy atom. The standard InChI is InChI=1S/C20H20F2N2/c1-13(20-17(21)5-4-6-18(20)22)11-15-7-9-16(10-8-15)19-12-14(2)23-24(19)3/h4-10,12-13H,11H2,1-3H3. The number of halogens is 2. The summed E-state index contributed by atoms with van der Waals surface area (Å²) in [6.45, 7) is 3.81. The van der Waals surface area contributed by atoms with E-state index in [9.17, 15) is 8.78 Å². The van der Waals surface area contributed by atoms with E-state index in [1.807, 2.05) is 55.9 Å². The minimum atomic E-state index is -0.482. The van der Waals surface area contributed by atoms with Gasteiger partial charge < -0.3 is 0 Å². The summed E-state index contributed by atoms with van der Waals surface area (Å²) in [7, 11) is 1.92. The van der Waals surface area contributed by atoms with Gasteiger partial charge in [-0.3, -0.25) is 4.68 Å². The van der Waals surface area contributed by atoms with Crippen molar-refractivity contribution in [3.63, 3.8) is 0 Å². The summed E-state index contributed by atoms with van der Waals surface area (Å²) in [6, 6.07) is 14.1. The minimum absolute atomic E-state index is 0.156. The Bertz CT molecular complexity index is 830. The van der Waals surface area contributed by atoms with Crippen LogP contribution >= 0.6 is 0 Å². The van der Waals surface area contributed by atoms with Gasteiger partial charge in [0.2, 0.25) is 0 Å². The lowest BCUT2D eigenvalue weighted by Gasteiger charge is -2.14. The normalized spacial score (nSPS) is 12.4. The van der Waals surface area contributed by atoms with Gasteiger partial charge in [-0.15, -0.1) is 0 Å². The third-order valence-corrected chi connectivity index (χ3v) is 4.29. The molecule has 0 radical (unpaired) electrons. The molecule has 0 bridgehead atoms. The van der Waals surface area contributed by atoms with Crippen LogP contribution in [-0.4, -0.2) is 9.78 Å². The predicted molar refractivity (Wildman–Crippen MR) is 91.9 cm³/mol. The van der Waals surface area contributed by atoms with Crippen LogP contribution in [0.2, 0.25) is 0 Å². The molecule has 0 fully saturated rings. The predicted octanol–water partition coefficient (Wildman–Crippen LogP) is 5.02. The molecule has 0 aliphatic heterocycles. The molecular formula is C20H20F2N2. The molecule has 0 spiro atoms. The maximum absolute atomic E-state index is 13.9. The highest BCUT2D eigenvalue weighted by Crippen LogP contribution is 2.27. The third-order valence-electron chi connectivity index (χ3n) is 4.29. The van der Waals surface area contributed by atoms with Crippen LogP contribution in [0.5, 0.6) is 0 Å². The van der Waals surface area contributed by atoms with Gasteiger partial charge in [-0.2, -0.15) is 5.10 Å². The zero-order chi connectivity index (χ0) is 17.3. The van der Waals surface area contributed by atoms with Gasteiger partial charge in [0, 0.05) is 12.6 Å². The Morgan fingerprint density at radius 1 is 1.04 bits per heavy atom. The third kappa shape index (κ3) is 3.23. The zero-order valence-electron chi connectivity index (χ0n) is 14.1. The first kappa shape index (κ1) is 16.4. The van der Waals surface area contributed by atoms with E-state index < -0.39 is 11.6 Å². The van der Waals surface area contributed by atoms with E-state index in [1.165, 1.54) is 18.2 Å². The van der Waals surface area contributed by atoms with Gasteiger partial charge in [0.05, 0.1) is 11.4 Å². The largest absolute Gasteiger partial charge is 0.268 e. The first-order valence-electron chi connectivity index (χ1n) is 7.99. The molecule has 4 heteroatoms. The summed E-state index contributed by atoms with van der Waals surface area (Å²) < 4.78 is 29.6. The molecule has 2 aromatic carbocycles. The first-order chi connectivity index (χ1) is 11.5. The van der Waals surface area contributed by atoms with Gasteiger partial charge in [0.15, 0.2) is 0 Å². The van der Waals surface area contributed by atoms with Gasteiger partial charge in [0.25, 0.3) is 0 Å². The van der Waals surface area contributed by atoms with Crippen LogP contribution in [0.15, 0.2) is 48.5 Å². The molecule has 1 aromatic heterocycles. The van der Waals surface area contributed by atoms with Crippen LogP contribution < -0.4 is 0 Å². The van der Waals surface area contributed by atoms with Crippen LogP contribution in [0.25, 0.3) is 11.3 Å². The van der Waals surface area contributed by atoms with Crippen LogP contribution in [-0.2, 0) is 13.5 Å². The molecule has 1 atom stereocenters. The molecular weight excluding hydrogens is 306 g/mol. The number of benzene rings is 2. The molecule has 0 saturated heterocycles. The van der Waals surface area contributed by atoms with Crippen molar-refractivity contribution in [2.75, 3.05) is 0 Å². The first-order valence-corrected chi connectivity index (χ1v) is 7.99. The van der Waals surface area contributed by atoms with Crippen molar-refractivity contribution in [1.82, 2.24) is 9.78 Å². The van der Waals surface area contributed by atoms with E-state index in [2.05, 4.69) is 5.10 Å². The summed E-state index contributed by atoms with van der Waals surface area (Å²) in [6.07, 6.45) is 0.586. The SMILES string of the molecule is Cc1cc(-c2ccc(CC(C)c3c(F)cccc3F)cc2)n(C)n1. The van der Waals surface area contributed by atoms with E-state index in [-0.39, 0.29) is 11.5 Å². The second-order valence-corrected chi connectivity index (χ2v) is 6.23. The fourth-order valence-corrected chi connectivity index (χ4v) is 3.13. The number of hydrogen-bond acceptors (Lipinski definition) is 1. The number of rotatable bonds is 4. The van der Waals surface area contributed by atoms with Crippen molar-refractivity contribution in [1.29, 1.82) is 0 Å². The number of aromatic nitrogens is 2. The smallest absolute Gasteiger partial charge is 0.129 e. The maximum Gasteiger partial charge on any atom is 0.129 e. The topological polar surface area (TPSA) is 17.8 Å².